The second-order valence-electron chi connectivity index (χ2n) is 4.24. The summed E-state index contributed by atoms with van der Waals surface area (Å²) in [6, 6.07) is 0. The van der Waals surface area contributed by atoms with Gasteiger partial charge in [0.2, 0.25) is 0 Å². The largest absolute Gasteiger partial charge is 0.466 e. The van der Waals surface area contributed by atoms with Crippen molar-refractivity contribution >= 4 is 5.97 Å². The highest BCUT2D eigenvalue weighted by molar-refractivity contribution is 5.65. The Morgan fingerprint density at radius 2 is 2.25 bits per heavy atom. The Morgan fingerprint density at radius 3 is 2.75 bits per heavy atom. The lowest BCUT2D eigenvalue weighted by Crippen LogP contribution is -2.18. The van der Waals surface area contributed by atoms with Crippen LogP contribution in [0.5, 0.6) is 0 Å². The van der Waals surface area contributed by atoms with Crippen molar-refractivity contribution in [3.8, 4) is 0 Å². The molecule has 0 saturated heterocycles. The standard InChI is InChI=1S/C10H16O2/c1-7(11)12-6-10-5-8-2-3-9(10)4-8/h8-10H,2-6H2,1H3. The van der Waals surface area contributed by atoms with Gasteiger partial charge in [0.1, 0.15) is 0 Å². The molecule has 0 N–H and O–H groups in total. The number of carbonyl (C=O) groups is 1. The summed E-state index contributed by atoms with van der Waals surface area (Å²) >= 11 is 0. The first-order valence-corrected chi connectivity index (χ1v) is 4.89. The summed E-state index contributed by atoms with van der Waals surface area (Å²) in [6.45, 7) is 2.17. The van der Waals surface area contributed by atoms with E-state index in [-0.39, 0.29) is 5.97 Å². The van der Waals surface area contributed by atoms with Crippen molar-refractivity contribution in [1.29, 1.82) is 0 Å². The van der Waals surface area contributed by atoms with E-state index >= 15 is 0 Å². The maximum absolute atomic E-state index is 10.6. The van der Waals surface area contributed by atoms with Gasteiger partial charge >= 0.3 is 5.97 Å². The highest BCUT2D eigenvalue weighted by Gasteiger charge is 2.39. The van der Waals surface area contributed by atoms with Gasteiger partial charge in [0.05, 0.1) is 6.61 Å². The summed E-state index contributed by atoms with van der Waals surface area (Å²) in [4.78, 5) is 10.6. The zero-order chi connectivity index (χ0) is 8.55. The normalized spacial score (nSPS) is 38.6. The van der Waals surface area contributed by atoms with Crippen molar-refractivity contribution < 1.29 is 9.53 Å². The Morgan fingerprint density at radius 1 is 1.42 bits per heavy atom. The van der Waals surface area contributed by atoms with Crippen LogP contribution >= 0.6 is 0 Å². The van der Waals surface area contributed by atoms with Crippen LogP contribution in [-0.4, -0.2) is 12.6 Å². The average molecular weight is 168 g/mol. The van der Waals surface area contributed by atoms with Gasteiger partial charge in [0.15, 0.2) is 0 Å². The van der Waals surface area contributed by atoms with E-state index in [4.69, 9.17) is 4.74 Å². The summed E-state index contributed by atoms with van der Waals surface area (Å²) in [5, 5.41) is 0. The third-order valence-electron chi connectivity index (χ3n) is 3.39. The molecule has 0 aromatic carbocycles. The zero-order valence-corrected chi connectivity index (χ0v) is 7.58. The van der Waals surface area contributed by atoms with E-state index in [0.29, 0.717) is 12.5 Å². The molecule has 0 aliphatic heterocycles. The third kappa shape index (κ3) is 1.47. The minimum atomic E-state index is -0.127. The molecule has 0 amide bonds. The minimum absolute atomic E-state index is 0.127. The molecule has 2 fully saturated rings. The number of esters is 1. The first-order chi connectivity index (χ1) is 5.75. The number of hydrogen-bond donors (Lipinski definition) is 0. The molecule has 0 heterocycles. The molecule has 2 heteroatoms. The number of carbonyl (C=O) groups excluding carboxylic acids is 1. The van der Waals surface area contributed by atoms with Crippen LogP contribution in [0.3, 0.4) is 0 Å². The number of ether oxygens (including phenoxy) is 1. The van der Waals surface area contributed by atoms with Gasteiger partial charge in [-0.25, -0.2) is 0 Å². The molecule has 12 heavy (non-hydrogen) atoms. The molecule has 2 nitrogen and oxygen atoms in total. The Balaban J connectivity index is 1.79. The fourth-order valence-corrected chi connectivity index (χ4v) is 2.80. The van der Waals surface area contributed by atoms with Gasteiger partial charge in [0, 0.05) is 6.92 Å². The van der Waals surface area contributed by atoms with Gasteiger partial charge in [-0.15, -0.1) is 0 Å². The van der Waals surface area contributed by atoms with Crippen molar-refractivity contribution in [2.75, 3.05) is 6.61 Å². The number of rotatable bonds is 2. The van der Waals surface area contributed by atoms with Gasteiger partial charge in [-0.2, -0.15) is 0 Å². The molecule has 68 valence electrons. The molecule has 2 rings (SSSR count). The Hall–Kier alpha value is -0.530. The highest BCUT2D eigenvalue weighted by Crippen LogP contribution is 2.48. The molecule has 0 spiro atoms. The average Bonchev–Trinajstić information content (AvgIpc) is 2.60. The van der Waals surface area contributed by atoms with E-state index in [0.717, 1.165) is 11.8 Å². The van der Waals surface area contributed by atoms with Crippen LogP contribution < -0.4 is 0 Å². The third-order valence-corrected chi connectivity index (χ3v) is 3.39. The summed E-state index contributed by atoms with van der Waals surface area (Å²) in [5.74, 6) is 2.38. The van der Waals surface area contributed by atoms with E-state index in [2.05, 4.69) is 0 Å². The van der Waals surface area contributed by atoms with Gasteiger partial charge in [0.25, 0.3) is 0 Å². The maximum Gasteiger partial charge on any atom is 0.302 e. The van der Waals surface area contributed by atoms with E-state index < -0.39 is 0 Å². The van der Waals surface area contributed by atoms with Crippen LogP contribution in [0.4, 0.5) is 0 Å². The smallest absolute Gasteiger partial charge is 0.302 e. The lowest BCUT2D eigenvalue weighted by Gasteiger charge is -2.20. The predicted octanol–water partition coefficient (Wildman–Crippen LogP) is 1.99. The Labute approximate surface area is 73.3 Å². The molecular formula is C10H16O2. The molecule has 2 saturated carbocycles. The molecule has 2 bridgehead atoms. The second-order valence-corrected chi connectivity index (χ2v) is 4.24. The molecule has 2 aliphatic carbocycles. The Bertz CT molecular complexity index is 188. The monoisotopic (exact) mass is 168 g/mol. The van der Waals surface area contributed by atoms with Crippen LogP contribution in [-0.2, 0) is 9.53 Å². The molecule has 3 unspecified atom stereocenters. The summed E-state index contributed by atoms with van der Waals surface area (Å²) in [7, 11) is 0. The van der Waals surface area contributed by atoms with Crippen LogP contribution in [0.1, 0.15) is 32.6 Å². The fraction of sp³-hybridized carbons (Fsp3) is 0.900. The van der Waals surface area contributed by atoms with E-state index in [9.17, 15) is 4.79 Å². The maximum atomic E-state index is 10.6. The summed E-state index contributed by atoms with van der Waals surface area (Å²) in [6.07, 6.45) is 5.49. The predicted molar refractivity (Wildman–Crippen MR) is 45.6 cm³/mol. The first kappa shape index (κ1) is 8.09. The van der Waals surface area contributed by atoms with Crippen LogP contribution in [0.25, 0.3) is 0 Å². The summed E-state index contributed by atoms with van der Waals surface area (Å²) < 4.78 is 5.04. The topological polar surface area (TPSA) is 26.3 Å². The van der Waals surface area contributed by atoms with Gasteiger partial charge in [-0.05, 0) is 37.0 Å². The van der Waals surface area contributed by atoms with Crippen molar-refractivity contribution in [1.82, 2.24) is 0 Å². The quantitative estimate of drug-likeness (QED) is 0.589. The zero-order valence-electron chi connectivity index (χ0n) is 7.58. The molecule has 0 aromatic rings. The molecular weight excluding hydrogens is 152 g/mol. The van der Waals surface area contributed by atoms with Gasteiger partial charge in [-0.1, -0.05) is 6.42 Å². The van der Waals surface area contributed by atoms with Crippen molar-refractivity contribution in [3.05, 3.63) is 0 Å². The number of fused-ring (bicyclic) bond motifs is 2. The number of hydrogen-bond acceptors (Lipinski definition) is 2. The van der Waals surface area contributed by atoms with E-state index in [1.54, 1.807) is 0 Å². The molecule has 3 atom stereocenters. The van der Waals surface area contributed by atoms with Gasteiger partial charge < -0.3 is 4.74 Å². The molecule has 0 aromatic heterocycles. The summed E-state index contributed by atoms with van der Waals surface area (Å²) in [5.41, 5.74) is 0. The van der Waals surface area contributed by atoms with Crippen molar-refractivity contribution in [2.45, 2.75) is 32.6 Å². The lowest BCUT2D eigenvalue weighted by atomic mass is 9.90. The van der Waals surface area contributed by atoms with Crippen molar-refractivity contribution in [2.24, 2.45) is 17.8 Å². The van der Waals surface area contributed by atoms with E-state index in [1.165, 1.54) is 32.6 Å². The van der Waals surface area contributed by atoms with E-state index in [1.807, 2.05) is 0 Å². The van der Waals surface area contributed by atoms with Crippen molar-refractivity contribution in [3.63, 3.8) is 0 Å². The Kier molecular flexibility index (Phi) is 2.07. The molecule has 2 aliphatic rings. The second kappa shape index (κ2) is 3.08. The SMILES string of the molecule is CC(=O)OCC1CC2CCC1C2. The highest BCUT2D eigenvalue weighted by atomic mass is 16.5. The fourth-order valence-electron chi connectivity index (χ4n) is 2.80. The first-order valence-electron chi connectivity index (χ1n) is 4.89. The van der Waals surface area contributed by atoms with Crippen LogP contribution in [0, 0.1) is 17.8 Å². The van der Waals surface area contributed by atoms with Gasteiger partial charge in [-0.3, -0.25) is 4.79 Å². The van der Waals surface area contributed by atoms with Crippen LogP contribution in [0.2, 0.25) is 0 Å². The lowest BCUT2D eigenvalue weighted by molar-refractivity contribution is -0.142. The molecule has 0 radical (unpaired) electrons. The van der Waals surface area contributed by atoms with Crippen LogP contribution in [0.15, 0.2) is 0 Å². The minimum Gasteiger partial charge on any atom is -0.466 e.